The molecule has 0 unspecified atom stereocenters. The van der Waals surface area contributed by atoms with Gasteiger partial charge in [-0.3, -0.25) is 9.78 Å². The highest BCUT2D eigenvalue weighted by atomic mass is 16.1. The highest BCUT2D eigenvalue weighted by Gasteiger charge is 2.11. The van der Waals surface area contributed by atoms with Gasteiger partial charge in [0, 0.05) is 43.4 Å². The molecule has 0 fully saturated rings. The van der Waals surface area contributed by atoms with Gasteiger partial charge in [0.15, 0.2) is 5.69 Å². The van der Waals surface area contributed by atoms with Gasteiger partial charge in [-0.15, -0.1) is 10.2 Å². The van der Waals surface area contributed by atoms with E-state index < -0.39 is 0 Å². The number of hydrogen-bond acceptors (Lipinski definition) is 6. The van der Waals surface area contributed by atoms with Crippen molar-refractivity contribution in [2.24, 2.45) is 0 Å². The zero-order valence-electron chi connectivity index (χ0n) is 17.0. The summed E-state index contributed by atoms with van der Waals surface area (Å²) in [5.41, 5.74) is 4.28. The maximum absolute atomic E-state index is 12.5. The van der Waals surface area contributed by atoms with E-state index in [-0.39, 0.29) is 11.6 Å². The van der Waals surface area contributed by atoms with Gasteiger partial charge in [-0.25, -0.2) is 0 Å². The normalized spacial score (nSPS) is 10.4. The third-order valence-electron chi connectivity index (χ3n) is 4.71. The number of carbonyl (C=O) groups is 1. The van der Waals surface area contributed by atoms with Crippen molar-refractivity contribution in [1.82, 2.24) is 15.2 Å². The maximum Gasteiger partial charge on any atom is 0.276 e. The molecular weight excluding hydrogens is 364 g/mol. The summed E-state index contributed by atoms with van der Waals surface area (Å²) >= 11 is 0. The number of carbonyl (C=O) groups excluding carboxylic acids is 1. The second-order valence-electron chi connectivity index (χ2n) is 6.64. The molecule has 150 valence electrons. The van der Waals surface area contributed by atoms with Crippen LogP contribution in [0.1, 0.15) is 35.5 Å². The van der Waals surface area contributed by atoms with Crippen molar-refractivity contribution < 1.29 is 4.79 Å². The Kier molecular flexibility index (Phi) is 6.73. The third-order valence-corrected chi connectivity index (χ3v) is 4.71. The van der Waals surface area contributed by atoms with Crippen LogP contribution in [0.3, 0.4) is 0 Å². The molecule has 1 amide bonds. The molecule has 0 aliphatic rings. The van der Waals surface area contributed by atoms with Gasteiger partial charge in [0.05, 0.1) is 0 Å². The second-order valence-corrected chi connectivity index (χ2v) is 6.64. The van der Waals surface area contributed by atoms with E-state index in [1.807, 2.05) is 31.2 Å². The molecule has 0 radical (unpaired) electrons. The molecule has 2 N–H and O–H groups in total. The van der Waals surface area contributed by atoms with E-state index in [0.29, 0.717) is 12.4 Å². The summed E-state index contributed by atoms with van der Waals surface area (Å²) in [7, 11) is 0. The van der Waals surface area contributed by atoms with Crippen molar-refractivity contribution in [3.63, 3.8) is 0 Å². The number of anilines is 3. The number of hydrogen-bond donors (Lipinski definition) is 2. The predicted molar refractivity (Wildman–Crippen MR) is 116 cm³/mol. The van der Waals surface area contributed by atoms with Crippen LogP contribution in [0.4, 0.5) is 17.2 Å². The summed E-state index contributed by atoms with van der Waals surface area (Å²) in [6, 6.07) is 13.3. The van der Waals surface area contributed by atoms with Crippen LogP contribution in [0.5, 0.6) is 0 Å². The lowest BCUT2D eigenvalue weighted by Gasteiger charge is -2.22. The fourth-order valence-corrected chi connectivity index (χ4v) is 3.00. The standard InChI is InChI=1S/C22H26N6O/c1-4-28(5-2)18-6-7-19(16(3)14-18)25-22(29)20-8-9-21(27-26-20)24-15-17-10-12-23-13-11-17/h6-14H,4-5,15H2,1-3H3,(H,24,27)(H,25,29). The van der Waals surface area contributed by atoms with Crippen LogP contribution in [0.2, 0.25) is 0 Å². The molecule has 1 aromatic carbocycles. The summed E-state index contributed by atoms with van der Waals surface area (Å²) in [4.78, 5) is 18.8. The molecule has 7 heteroatoms. The predicted octanol–water partition coefficient (Wildman–Crippen LogP) is 3.89. The van der Waals surface area contributed by atoms with E-state index in [9.17, 15) is 4.79 Å². The zero-order chi connectivity index (χ0) is 20.6. The lowest BCUT2D eigenvalue weighted by Crippen LogP contribution is -2.22. The Morgan fingerprint density at radius 1 is 1.00 bits per heavy atom. The maximum atomic E-state index is 12.5. The Bertz CT molecular complexity index is 939. The van der Waals surface area contributed by atoms with Crippen LogP contribution in [0, 0.1) is 6.92 Å². The largest absolute Gasteiger partial charge is 0.372 e. The van der Waals surface area contributed by atoms with Gasteiger partial charge in [0.2, 0.25) is 0 Å². The van der Waals surface area contributed by atoms with Gasteiger partial charge in [-0.1, -0.05) is 0 Å². The molecule has 0 saturated heterocycles. The van der Waals surface area contributed by atoms with E-state index >= 15 is 0 Å². The number of amides is 1. The number of pyridine rings is 1. The highest BCUT2D eigenvalue weighted by molar-refractivity contribution is 6.03. The minimum atomic E-state index is -0.281. The first-order valence-corrected chi connectivity index (χ1v) is 9.74. The molecule has 0 bridgehead atoms. The van der Waals surface area contributed by atoms with Crippen molar-refractivity contribution >= 4 is 23.1 Å². The molecule has 29 heavy (non-hydrogen) atoms. The quantitative estimate of drug-likeness (QED) is 0.607. The van der Waals surface area contributed by atoms with Crippen LogP contribution in [0.15, 0.2) is 54.9 Å². The second kappa shape index (κ2) is 9.64. The topological polar surface area (TPSA) is 83.0 Å². The van der Waals surface area contributed by atoms with Crippen LogP contribution in [-0.2, 0) is 6.54 Å². The van der Waals surface area contributed by atoms with E-state index in [2.05, 4.69) is 50.6 Å². The van der Waals surface area contributed by atoms with E-state index in [1.165, 1.54) is 0 Å². The Balaban J connectivity index is 1.62. The lowest BCUT2D eigenvalue weighted by atomic mass is 10.1. The average Bonchev–Trinajstić information content (AvgIpc) is 2.76. The molecule has 7 nitrogen and oxygen atoms in total. The number of aryl methyl sites for hydroxylation is 1. The van der Waals surface area contributed by atoms with Crippen LogP contribution in [-0.4, -0.2) is 34.2 Å². The van der Waals surface area contributed by atoms with E-state index in [4.69, 9.17) is 0 Å². The van der Waals surface area contributed by atoms with Gasteiger partial charge in [-0.05, 0) is 74.4 Å². The van der Waals surface area contributed by atoms with E-state index in [0.717, 1.165) is 35.6 Å². The summed E-state index contributed by atoms with van der Waals surface area (Å²) in [6.07, 6.45) is 3.49. The van der Waals surface area contributed by atoms with E-state index in [1.54, 1.807) is 24.5 Å². The third kappa shape index (κ3) is 5.28. The van der Waals surface area contributed by atoms with Crippen molar-refractivity contribution in [3.05, 3.63) is 71.7 Å². The van der Waals surface area contributed by atoms with Gasteiger partial charge >= 0.3 is 0 Å². The smallest absolute Gasteiger partial charge is 0.276 e. The fourth-order valence-electron chi connectivity index (χ4n) is 3.00. The Morgan fingerprint density at radius 3 is 2.38 bits per heavy atom. The van der Waals surface area contributed by atoms with Crippen molar-refractivity contribution in [1.29, 1.82) is 0 Å². The molecule has 0 aliphatic heterocycles. The zero-order valence-corrected chi connectivity index (χ0v) is 17.0. The molecule has 0 saturated carbocycles. The molecule has 2 aromatic heterocycles. The van der Waals surface area contributed by atoms with Crippen LogP contribution < -0.4 is 15.5 Å². The number of rotatable bonds is 8. The number of benzene rings is 1. The van der Waals surface area contributed by atoms with Crippen LogP contribution in [0.25, 0.3) is 0 Å². The highest BCUT2D eigenvalue weighted by Crippen LogP contribution is 2.23. The van der Waals surface area contributed by atoms with Crippen LogP contribution >= 0.6 is 0 Å². The monoisotopic (exact) mass is 390 g/mol. The molecule has 2 heterocycles. The molecular formula is C22H26N6O. The number of aromatic nitrogens is 3. The molecule has 0 aliphatic carbocycles. The lowest BCUT2D eigenvalue weighted by molar-refractivity contribution is 0.102. The Labute approximate surface area is 171 Å². The first-order valence-electron chi connectivity index (χ1n) is 9.74. The van der Waals surface area contributed by atoms with Gasteiger partial charge in [0.1, 0.15) is 5.82 Å². The van der Waals surface area contributed by atoms with Crippen molar-refractivity contribution in [3.8, 4) is 0 Å². The van der Waals surface area contributed by atoms with Gasteiger partial charge < -0.3 is 15.5 Å². The summed E-state index contributed by atoms with van der Waals surface area (Å²) in [5, 5.41) is 14.2. The molecule has 3 aromatic rings. The molecule has 0 atom stereocenters. The fraction of sp³-hybridized carbons (Fsp3) is 0.273. The average molecular weight is 390 g/mol. The SMILES string of the molecule is CCN(CC)c1ccc(NC(=O)c2ccc(NCc3ccncc3)nn2)c(C)c1. The molecule has 3 rings (SSSR count). The summed E-state index contributed by atoms with van der Waals surface area (Å²) in [6.45, 7) is 8.74. The summed E-state index contributed by atoms with van der Waals surface area (Å²) < 4.78 is 0. The number of nitrogens with zero attached hydrogens (tertiary/aromatic N) is 4. The van der Waals surface area contributed by atoms with Gasteiger partial charge in [0.25, 0.3) is 5.91 Å². The minimum Gasteiger partial charge on any atom is -0.372 e. The summed E-state index contributed by atoms with van der Waals surface area (Å²) in [5.74, 6) is 0.329. The number of nitrogens with one attached hydrogen (secondary N) is 2. The first kappa shape index (κ1) is 20.3. The van der Waals surface area contributed by atoms with Crippen molar-refractivity contribution in [2.75, 3.05) is 28.6 Å². The minimum absolute atomic E-state index is 0.270. The molecule has 0 spiro atoms. The Morgan fingerprint density at radius 2 is 1.76 bits per heavy atom. The van der Waals surface area contributed by atoms with Crippen molar-refractivity contribution in [2.45, 2.75) is 27.3 Å². The first-order chi connectivity index (χ1) is 14.1. The van der Waals surface area contributed by atoms with Gasteiger partial charge in [-0.2, -0.15) is 0 Å². The Hall–Kier alpha value is -3.48.